The molecule has 0 atom stereocenters. The van der Waals surface area contributed by atoms with Crippen LogP contribution in [0.25, 0.3) is 22.5 Å². The second-order valence-electron chi connectivity index (χ2n) is 5.55. The van der Waals surface area contributed by atoms with Gasteiger partial charge in [-0.25, -0.2) is 9.97 Å². The SMILES string of the molecule is OC(c1scnc1-c1ccc(Br)cc1)c1scnc1-c1ccc(Br)cc1. The molecule has 0 fully saturated rings. The van der Waals surface area contributed by atoms with Crippen LogP contribution in [0, 0.1) is 0 Å². The van der Waals surface area contributed by atoms with E-state index in [-0.39, 0.29) is 0 Å². The Morgan fingerprint density at radius 3 is 1.46 bits per heavy atom. The van der Waals surface area contributed by atoms with E-state index < -0.39 is 6.10 Å². The van der Waals surface area contributed by atoms with Gasteiger partial charge in [-0.3, -0.25) is 0 Å². The van der Waals surface area contributed by atoms with Crippen molar-refractivity contribution in [2.24, 2.45) is 0 Å². The molecule has 4 rings (SSSR count). The molecule has 26 heavy (non-hydrogen) atoms. The predicted octanol–water partition coefficient (Wildman–Crippen LogP) is 6.54. The fourth-order valence-corrected chi connectivity index (χ4v) is 4.87. The van der Waals surface area contributed by atoms with Crippen molar-refractivity contribution in [3.63, 3.8) is 0 Å². The predicted molar refractivity (Wildman–Crippen MR) is 115 cm³/mol. The van der Waals surface area contributed by atoms with Crippen molar-refractivity contribution in [1.82, 2.24) is 9.97 Å². The molecular formula is C19H12Br2N2OS2. The molecule has 7 heteroatoms. The lowest BCUT2D eigenvalue weighted by Gasteiger charge is -2.11. The van der Waals surface area contributed by atoms with E-state index in [0.29, 0.717) is 0 Å². The van der Waals surface area contributed by atoms with Crippen LogP contribution in [0.15, 0.2) is 68.5 Å². The van der Waals surface area contributed by atoms with E-state index in [4.69, 9.17) is 0 Å². The normalized spacial score (nSPS) is 11.2. The summed E-state index contributed by atoms with van der Waals surface area (Å²) >= 11 is 9.82. The molecule has 1 N–H and O–H groups in total. The Morgan fingerprint density at radius 1 is 0.692 bits per heavy atom. The topological polar surface area (TPSA) is 46.0 Å². The van der Waals surface area contributed by atoms with Crippen LogP contribution < -0.4 is 0 Å². The molecule has 0 amide bonds. The molecule has 4 aromatic rings. The van der Waals surface area contributed by atoms with Crippen molar-refractivity contribution in [3.05, 3.63) is 78.3 Å². The Morgan fingerprint density at radius 2 is 1.08 bits per heavy atom. The standard InChI is InChI=1S/C19H12Br2N2OS2/c20-13-5-1-11(2-6-13)15-18(25-9-22-15)17(24)19-16(23-10-26-19)12-3-7-14(21)8-4-12/h1-10,17,24H. The van der Waals surface area contributed by atoms with Crippen molar-refractivity contribution >= 4 is 54.5 Å². The quantitative estimate of drug-likeness (QED) is 0.341. The molecule has 0 aliphatic rings. The average molecular weight is 508 g/mol. The first-order chi connectivity index (χ1) is 12.6. The molecule has 2 heterocycles. The van der Waals surface area contributed by atoms with E-state index in [1.54, 1.807) is 11.0 Å². The van der Waals surface area contributed by atoms with E-state index >= 15 is 0 Å². The van der Waals surface area contributed by atoms with Crippen molar-refractivity contribution in [2.45, 2.75) is 6.10 Å². The van der Waals surface area contributed by atoms with E-state index in [1.807, 2.05) is 48.5 Å². The fourth-order valence-electron chi connectivity index (χ4n) is 2.67. The second kappa shape index (κ2) is 7.70. The van der Waals surface area contributed by atoms with Crippen LogP contribution in [0.4, 0.5) is 0 Å². The monoisotopic (exact) mass is 506 g/mol. The summed E-state index contributed by atoms with van der Waals surface area (Å²) in [5, 5.41) is 11.1. The first kappa shape index (κ1) is 18.0. The van der Waals surface area contributed by atoms with Gasteiger partial charge in [0.15, 0.2) is 0 Å². The average Bonchev–Trinajstić information content (AvgIpc) is 3.32. The van der Waals surface area contributed by atoms with E-state index in [1.165, 1.54) is 22.7 Å². The van der Waals surface area contributed by atoms with Crippen LogP contribution >= 0.6 is 54.5 Å². The van der Waals surface area contributed by atoms with Crippen molar-refractivity contribution in [2.75, 3.05) is 0 Å². The minimum Gasteiger partial charge on any atom is -0.382 e. The molecule has 0 saturated carbocycles. The Balaban J connectivity index is 1.73. The van der Waals surface area contributed by atoms with E-state index in [9.17, 15) is 5.11 Å². The van der Waals surface area contributed by atoms with Crippen molar-refractivity contribution in [1.29, 1.82) is 0 Å². The Hall–Kier alpha value is -1.38. The molecule has 0 aliphatic carbocycles. The number of hydrogen-bond acceptors (Lipinski definition) is 5. The molecule has 0 saturated heterocycles. The zero-order valence-electron chi connectivity index (χ0n) is 13.3. The van der Waals surface area contributed by atoms with Crippen LogP contribution in [-0.2, 0) is 0 Å². The lowest BCUT2D eigenvalue weighted by molar-refractivity contribution is 0.228. The maximum absolute atomic E-state index is 11.1. The maximum atomic E-state index is 11.1. The number of aromatic nitrogens is 2. The van der Waals surface area contributed by atoms with Crippen LogP contribution in [0.5, 0.6) is 0 Å². The minimum atomic E-state index is -0.757. The van der Waals surface area contributed by atoms with Gasteiger partial charge in [0.05, 0.1) is 32.2 Å². The Kier molecular flexibility index (Phi) is 5.33. The Bertz CT molecular complexity index is 943. The molecule has 0 aliphatic heterocycles. The highest BCUT2D eigenvalue weighted by molar-refractivity contribution is 9.10. The third-order valence-electron chi connectivity index (χ3n) is 3.92. The summed E-state index contributed by atoms with van der Waals surface area (Å²) in [4.78, 5) is 10.6. The lowest BCUT2D eigenvalue weighted by atomic mass is 10.1. The van der Waals surface area contributed by atoms with Gasteiger partial charge >= 0.3 is 0 Å². The third-order valence-corrected chi connectivity index (χ3v) is 6.74. The fraction of sp³-hybridized carbons (Fsp3) is 0.0526. The molecule has 0 spiro atoms. The van der Waals surface area contributed by atoms with Gasteiger partial charge in [0, 0.05) is 20.1 Å². The molecule has 2 aromatic heterocycles. The number of aliphatic hydroxyl groups excluding tert-OH is 1. The summed E-state index contributed by atoms with van der Waals surface area (Å²) in [5.74, 6) is 0. The summed E-state index contributed by atoms with van der Waals surface area (Å²) in [6.45, 7) is 0. The molecule has 3 nitrogen and oxygen atoms in total. The van der Waals surface area contributed by atoms with Crippen molar-refractivity contribution < 1.29 is 5.11 Å². The number of hydrogen-bond donors (Lipinski definition) is 1. The number of nitrogens with zero attached hydrogens (tertiary/aromatic N) is 2. The summed E-state index contributed by atoms with van der Waals surface area (Å²) in [6, 6.07) is 15.9. The van der Waals surface area contributed by atoms with Crippen LogP contribution in [-0.4, -0.2) is 15.1 Å². The van der Waals surface area contributed by atoms with Gasteiger partial charge in [0.2, 0.25) is 0 Å². The van der Waals surface area contributed by atoms with Crippen LogP contribution in [0.1, 0.15) is 15.9 Å². The van der Waals surface area contributed by atoms with E-state index in [0.717, 1.165) is 41.2 Å². The van der Waals surface area contributed by atoms with Gasteiger partial charge in [0.1, 0.15) is 6.10 Å². The molecule has 0 bridgehead atoms. The smallest absolute Gasteiger partial charge is 0.127 e. The third kappa shape index (κ3) is 3.54. The minimum absolute atomic E-state index is 0.757. The van der Waals surface area contributed by atoms with Gasteiger partial charge in [-0.05, 0) is 24.3 Å². The van der Waals surface area contributed by atoms with Gasteiger partial charge in [0.25, 0.3) is 0 Å². The lowest BCUT2D eigenvalue weighted by Crippen LogP contribution is -1.99. The summed E-state index contributed by atoms with van der Waals surface area (Å²) in [5.41, 5.74) is 7.14. The van der Waals surface area contributed by atoms with Gasteiger partial charge in [-0.1, -0.05) is 56.1 Å². The molecule has 0 radical (unpaired) electrons. The maximum Gasteiger partial charge on any atom is 0.127 e. The number of benzene rings is 2. The summed E-state index contributed by atoms with van der Waals surface area (Å²) < 4.78 is 2.03. The zero-order chi connectivity index (χ0) is 18.1. The number of halogens is 2. The zero-order valence-corrected chi connectivity index (χ0v) is 18.1. The number of aliphatic hydroxyl groups is 1. The largest absolute Gasteiger partial charge is 0.382 e. The van der Waals surface area contributed by atoms with Crippen LogP contribution in [0.3, 0.4) is 0 Å². The van der Waals surface area contributed by atoms with Crippen LogP contribution in [0.2, 0.25) is 0 Å². The van der Waals surface area contributed by atoms with Crippen molar-refractivity contribution in [3.8, 4) is 22.5 Å². The highest BCUT2D eigenvalue weighted by atomic mass is 79.9. The summed E-state index contributed by atoms with van der Waals surface area (Å²) in [6.07, 6.45) is -0.757. The van der Waals surface area contributed by atoms with Gasteiger partial charge in [-0.2, -0.15) is 0 Å². The summed E-state index contributed by atoms with van der Waals surface area (Å²) in [7, 11) is 0. The van der Waals surface area contributed by atoms with E-state index in [2.05, 4.69) is 41.8 Å². The first-order valence-corrected chi connectivity index (χ1v) is 11.0. The molecular weight excluding hydrogens is 496 g/mol. The van der Waals surface area contributed by atoms with Gasteiger partial charge in [-0.15, -0.1) is 22.7 Å². The first-order valence-electron chi connectivity index (χ1n) is 7.70. The highest BCUT2D eigenvalue weighted by Gasteiger charge is 2.23. The molecule has 130 valence electrons. The van der Waals surface area contributed by atoms with Gasteiger partial charge < -0.3 is 5.11 Å². The second-order valence-corrected chi connectivity index (χ2v) is 9.15. The molecule has 2 aromatic carbocycles. The molecule has 0 unspecified atom stereocenters. The number of thiazole rings is 2. The highest BCUT2D eigenvalue weighted by Crippen LogP contribution is 2.39. The Labute approximate surface area is 175 Å². The number of rotatable bonds is 4.